The average Bonchev–Trinajstić information content (AvgIpc) is 2.09. The third kappa shape index (κ3) is 2.17. The number of ether oxygens (including phenoxy) is 1. The molecule has 0 saturated heterocycles. The molecule has 0 spiro atoms. The summed E-state index contributed by atoms with van der Waals surface area (Å²) in [7, 11) is 1.36. The summed E-state index contributed by atoms with van der Waals surface area (Å²) in [4.78, 5) is 3.59. The Bertz CT molecular complexity index is 320. The Kier molecular flexibility index (Phi) is 3.23. The van der Waals surface area contributed by atoms with E-state index in [4.69, 9.17) is 10.5 Å². The van der Waals surface area contributed by atoms with Crippen molar-refractivity contribution < 1.29 is 13.5 Å². The number of halogens is 3. The topological polar surface area (TPSA) is 48.1 Å². The Balaban J connectivity index is 3.22. The molecule has 0 amide bonds. The van der Waals surface area contributed by atoms with Crippen LogP contribution in [-0.4, -0.2) is 12.1 Å². The van der Waals surface area contributed by atoms with Gasteiger partial charge in [-0.3, -0.25) is 0 Å². The summed E-state index contributed by atoms with van der Waals surface area (Å²) in [5.74, 6) is 0.135. The van der Waals surface area contributed by atoms with E-state index < -0.39 is 6.43 Å². The Hall–Kier alpha value is -0.660. The molecule has 0 aliphatic carbocycles. The molecule has 0 fully saturated rings. The number of pyridine rings is 1. The molecule has 2 N–H and O–H groups in total. The van der Waals surface area contributed by atoms with E-state index >= 15 is 0 Å². The van der Waals surface area contributed by atoms with Gasteiger partial charge >= 0.3 is 0 Å². The van der Waals surface area contributed by atoms with Gasteiger partial charge in [-0.1, -0.05) is 0 Å². The molecule has 0 radical (unpaired) electrons. The van der Waals surface area contributed by atoms with E-state index in [-0.39, 0.29) is 17.3 Å². The molecule has 1 heterocycles. The zero-order valence-corrected chi connectivity index (χ0v) is 8.88. The van der Waals surface area contributed by atoms with Crippen LogP contribution in [0.5, 0.6) is 5.88 Å². The van der Waals surface area contributed by atoms with E-state index in [1.165, 1.54) is 7.11 Å². The predicted octanol–water partition coefficient (Wildman–Crippen LogP) is 2.21. The van der Waals surface area contributed by atoms with Gasteiger partial charge in [0.1, 0.15) is 5.69 Å². The molecule has 0 aromatic carbocycles. The highest BCUT2D eigenvalue weighted by molar-refractivity contribution is 14.1. The van der Waals surface area contributed by atoms with Gasteiger partial charge in [-0.2, -0.15) is 0 Å². The van der Waals surface area contributed by atoms with Gasteiger partial charge < -0.3 is 10.5 Å². The van der Waals surface area contributed by atoms with Crippen LogP contribution >= 0.6 is 22.6 Å². The zero-order valence-electron chi connectivity index (χ0n) is 6.72. The monoisotopic (exact) mass is 300 g/mol. The van der Waals surface area contributed by atoms with Crippen molar-refractivity contribution in [1.29, 1.82) is 0 Å². The Morgan fingerprint density at radius 2 is 2.23 bits per heavy atom. The van der Waals surface area contributed by atoms with Crippen LogP contribution in [0.1, 0.15) is 12.1 Å². The second-order valence-corrected chi connectivity index (χ2v) is 3.34. The van der Waals surface area contributed by atoms with Crippen LogP contribution in [0.2, 0.25) is 0 Å². The lowest BCUT2D eigenvalue weighted by molar-refractivity contribution is 0.145. The maximum Gasteiger partial charge on any atom is 0.280 e. The second-order valence-electron chi connectivity index (χ2n) is 2.26. The highest BCUT2D eigenvalue weighted by Gasteiger charge is 2.14. The number of hydrogen-bond donors (Lipinski definition) is 1. The van der Waals surface area contributed by atoms with Crippen LogP contribution in [0, 0.1) is 3.57 Å². The second kappa shape index (κ2) is 4.03. The number of nitrogens with zero attached hydrogens (tertiary/aromatic N) is 1. The SMILES string of the molecule is COc1nc(C(F)F)cc(N)c1I. The minimum Gasteiger partial charge on any atom is -0.480 e. The van der Waals surface area contributed by atoms with Crippen LogP contribution in [0.25, 0.3) is 0 Å². The van der Waals surface area contributed by atoms with E-state index in [9.17, 15) is 8.78 Å². The fraction of sp³-hybridized carbons (Fsp3) is 0.286. The molecule has 0 unspecified atom stereocenters. The first kappa shape index (κ1) is 10.4. The van der Waals surface area contributed by atoms with E-state index in [1.807, 2.05) is 22.6 Å². The largest absolute Gasteiger partial charge is 0.480 e. The lowest BCUT2D eigenvalue weighted by atomic mass is 10.3. The zero-order chi connectivity index (χ0) is 10.0. The summed E-state index contributed by atoms with van der Waals surface area (Å²) in [6, 6.07) is 1.15. The molecular weight excluding hydrogens is 293 g/mol. The standard InChI is InChI=1S/C7H7F2IN2O/c1-13-7-5(10)3(11)2-4(12-7)6(8)9/h2,6H,1H3,(H2,11,12). The first-order valence-electron chi connectivity index (χ1n) is 3.34. The summed E-state index contributed by atoms with van der Waals surface area (Å²) in [6.07, 6.45) is -2.63. The summed E-state index contributed by atoms with van der Waals surface area (Å²) in [5, 5.41) is 0. The van der Waals surface area contributed by atoms with Gasteiger partial charge in [0.15, 0.2) is 0 Å². The summed E-state index contributed by atoms with van der Waals surface area (Å²) < 4.78 is 29.8. The molecule has 1 aromatic heterocycles. The minimum atomic E-state index is -2.63. The number of hydrogen-bond acceptors (Lipinski definition) is 3. The van der Waals surface area contributed by atoms with E-state index in [0.29, 0.717) is 3.57 Å². The van der Waals surface area contributed by atoms with Crippen molar-refractivity contribution in [3.8, 4) is 5.88 Å². The van der Waals surface area contributed by atoms with Gasteiger partial charge in [0.25, 0.3) is 6.43 Å². The minimum absolute atomic E-state index is 0.135. The average molecular weight is 300 g/mol. The van der Waals surface area contributed by atoms with Crippen LogP contribution in [-0.2, 0) is 0 Å². The summed E-state index contributed by atoms with van der Waals surface area (Å²) in [5.41, 5.74) is 5.36. The van der Waals surface area contributed by atoms with E-state index in [1.54, 1.807) is 0 Å². The van der Waals surface area contributed by atoms with Crippen molar-refractivity contribution in [3.63, 3.8) is 0 Å². The van der Waals surface area contributed by atoms with Gasteiger partial charge in [0.2, 0.25) is 5.88 Å². The third-order valence-corrected chi connectivity index (χ3v) is 2.48. The lowest BCUT2D eigenvalue weighted by Crippen LogP contribution is -2.01. The lowest BCUT2D eigenvalue weighted by Gasteiger charge is -2.07. The molecular formula is C7H7F2IN2O. The van der Waals surface area contributed by atoms with Crippen LogP contribution in [0.4, 0.5) is 14.5 Å². The number of alkyl halides is 2. The van der Waals surface area contributed by atoms with Crippen LogP contribution < -0.4 is 10.5 Å². The molecule has 1 aromatic rings. The molecule has 0 saturated carbocycles. The first-order chi connectivity index (χ1) is 6.06. The molecule has 0 aliphatic rings. The van der Waals surface area contributed by atoms with Gasteiger partial charge in [0.05, 0.1) is 16.4 Å². The highest BCUT2D eigenvalue weighted by Crippen LogP contribution is 2.28. The number of nitrogen functional groups attached to an aromatic ring is 1. The summed E-state index contributed by atoms with van der Waals surface area (Å²) >= 11 is 1.89. The Morgan fingerprint density at radius 1 is 1.62 bits per heavy atom. The van der Waals surface area contributed by atoms with E-state index in [2.05, 4.69) is 4.98 Å². The van der Waals surface area contributed by atoms with Crippen molar-refractivity contribution in [2.75, 3.05) is 12.8 Å². The van der Waals surface area contributed by atoms with Gasteiger partial charge in [-0.15, -0.1) is 0 Å². The van der Waals surface area contributed by atoms with Crippen LogP contribution in [0.3, 0.4) is 0 Å². The molecule has 72 valence electrons. The number of nitrogens with two attached hydrogens (primary N) is 1. The van der Waals surface area contributed by atoms with Crippen LogP contribution in [0.15, 0.2) is 6.07 Å². The van der Waals surface area contributed by atoms with E-state index in [0.717, 1.165) is 6.07 Å². The normalized spacial score (nSPS) is 10.5. The number of anilines is 1. The van der Waals surface area contributed by atoms with Gasteiger partial charge in [0, 0.05) is 0 Å². The fourth-order valence-electron chi connectivity index (χ4n) is 0.792. The van der Waals surface area contributed by atoms with Gasteiger partial charge in [-0.05, 0) is 28.7 Å². The molecule has 13 heavy (non-hydrogen) atoms. The maximum absolute atomic E-state index is 12.2. The maximum atomic E-state index is 12.2. The fourth-order valence-corrected chi connectivity index (χ4v) is 1.29. The Morgan fingerprint density at radius 3 is 2.69 bits per heavy atom. The number of aromatic nitrogens is 1. The van der Waals surface area contributed by atoms with Crippen molar-refractivity contribution in [2.45, 2.75) is 6.43 Å². The summed E-state index contributed by atoms with van der Waals surface area (Å²) in [6.45, 7) is 0. The van der Waals surface area contributed by atoms with Gasteiger partial charge in [-0.25, -0.2) is 13.8 Å². The molecule has 3 nitrogen and oxygen atoms in total. The molecule has 0 bridgehead atoms. The molecule has 1 rings (SSSR count). The number of rotatable bonds is 2. The Labute approximate surface area is 87.4 Å². The van der Waals surface area contributed by atoms with Crippen molar-refractivity contribution in [1.82, 2.24) is 4.98 Å². The molecule has 0 atom stereocenters. The molecule has 6 heteroatoms. The highest BCUT2D eigenvalue weighted by atomic mass is 127. The first-order valence-corrected chi connectivity index (χ1v) is 4.42. The molecule has 0 aliphatic heterocycles. The quantitative estimate of drug-likeness (QED) is 0.852. The predicted molar refractivity (Wildman–Crippen MR) is 52.9 cm³/mol. The third-order valence-electron chi connectivity index (χ3n) is 1.39. The smallest absolute Gasteiger partial charge is 0.280 e. The van der Waals surface area contributed by atoms with Crippen molar-refractivity contribution >= 4 is 28.3 Å². The van der Waals surface area contributed by atoms with Crippen molar-refractivity contribution in [3.05, 3.63) is 15.3 Å². The van der Waals surface area contributed by atoms with Crippen molar-refractivity contribution in [2.24, 2.45) is 0 Å². The number of methoxy groups -OCH3 is 1.